The third-order valence-electron chi connectivity index (χ3n) is 2.96. The smallest absolute Gasteiger partial charge is 0.0165 e. The first-order valence-electron chi connectivity index (χ1n) is 5.23. The van der Waals surface area contributed by atoms with Gasteiger partial charge in [0.15, 0.2) is 0 Å². The Hall–Kier alpha value is -0.340. The molecule has 0 aromatic heterocycles. The topological polar surface area (TPSA) is 29.3 Å². The SMILES string of the molecule is CC1=CCN(CC(C)C(C)N)CC1. The van der Waals surface area contributed by atoms with E-state index in [-0.39, 0.29) is 0 Å². The zero-order valence-electron chi connectivity index (χ0n) is 9.09. The number of nitrogens with two attached hydrogens (primary N) is 1. The third-order valence-corrected chi connectivity index (χ3v) is 2.96. The number of nitrogens with zero attached hydrogens (tertiary/aromatic N) is 1. The van der Waals surface area contributed by atoms with Crippen molar-refractivity contribution in [1.29, 1.82) is 0 Å². The molecule has 0 bridgehead atoms. The summed E-state index contributed by atoms with van der Waals surface area (Å²) in [6.45, 7) is 10.0. The van der Waals surface area contributed by atoms with Crippen LogP contribution in [0.15, 0.2) is 11.6 Å². The molecule has 0 saturated carbocycles. The van der Waals surface area contributed by atoms with Crippen molar-refractivity contribution in [2.24, 2.45) is 11.7 Å². The Labute approximate surface area is 81.8 Å². The highest BCUT2D eigenvalue weighted by Crippen LogP contribution is 2.12. The highest BCUT2D eigenvalue weighted by atomic mass is 15.1. The van der Waals surface area contributed by atoms with Crippen LogP contribution in [-0.2, 0) is 0 Å². The van der Waals surface area contributed by atoms with E-state index < -0.39 is 0 Å². The fraction of sp³-hybridized carbons (Fsp3) is 0.818. The van der Waals surface area contributed by atoms with Gasteiger partial charge in [-0.3, -0.25) is 4.90 Å². The molecule has 2 atom stereocenters. The monoisotopic (exact) mass is 182 g/mol. The average molecular weight is 182 g/mol. The molecule has 1 aliphatic heterocycles. The molecule has 2 N–H and O–H groups in total. The van der Waals surface area contributed by atoms with Gasteiger partial charge in [0.1, 0.15) is 0 Å². The summed E-state index contributed by atoms with van der Waals surface area (Å²) in [6.07, 6.45) is 3.56. The number of hydrogen-bond acceptors (Lipinski definition) is 2. The molecule has 0 saturated heterocycles. The lowest BCUT2D eigenvalue weighted by molar-refractivity contribution is 0.240. The number of rotatable bonds is 3. The van der Waals surface area contributed by atoms with Crippen LogP contribution in [-0.4, -0.2) is 30.6 Å². The van der Waals surface area contributed by atoms with Crippen LogP contribution < -0.4 is 5.73 Å². The summed E-state index contributed by atoms with van der Waals surface area (Å²) < 4.78 is 0. The summed E-state index contributed by atoms with van der Waals surface area (Å²) in [5.74, 6) is 0.604. The van der Waals surface area contributed by atoms with Crippen LogP contribution in [0.3, 0.4) is 0 Å². The molecule has 1 aliphatic rings. The van der Waals surface area contributed by atoms with Gasteiger partial charge < -0.3 is 5.73 Å². The van der Waals surface area contributed by atoms with E-state index in [4.69, 9.17) is 5.73 Å². The number of hydrogen-bond donors (Lipinski definition) is 1. The van der Waals surface area contributed by atoms with E-state index >= 15 is 0 Å². The summed E-state index contributed by atoms with van der Waals surface area (Å²) in [6, 6.07) is 0.312. The van der Waals surface area contributed by atoms with Gasteiger partial charge in [0, 0.05) is 25.7 Å². The van der Waals surface area contributed by atoms with Crippen molar-refractivity contribution in [3.63, 3.8) is 0 Å². The lowest BCUT2D eigenvalue weighted by Gasteiger charge is -2.29. The zero-order chi connectivity index (χ0) is 9.84. The summed E-state index contributed by atoms with van der Waals surface area (Å²) in [4.78, 5) is 2.49. The Bertz CT molecular complexity index is 185. The Morgan fingerprint density at radius 3 is 2.69 bits per heavy atom. The van der Waals surface area contributed by atoms with Crippen LogP contribution in [0, 0.1) is 5.92 Å². The van der Waals surface area contributed by atoms with E-state index in [1.54, 1.807) is 0 Å². The molecule has 2 nitrogen and oxygen atoms in total. The maximum Gasteiger partial charge on any atom is 0.0165 e. The van der Waals surface area contributed by atoms with Gasteiger partial charge in [-0.2, -0.15) is 0 Å². The Morgan fingerprint density at radius 1 is 1.54 bits per heavy atom. The molecule has 2 unspecified atom stereocenters. The first-order chi connectivity index (χ1) is 6.09. The summed E-state index contributed by atoms with van der Waals surface area (Å²) in [5.41, 5.74) is 7.37. The van der Waals surface area contributed by atoms with Crippen LogP contribution in [0.4, 0.5) is 0 Å². The second-order valence-corrected chi connectivity index (χ2v) is 4.40. The van der Waals surface area contributed by atoms with Crippen LogP contribution in [0.2, 0.25) is 0 Å². The van der Waals surface area contributed by atoms with Gasteiger partial charge in [-0.25, -0.2) is 0 Å². The maximum absolute atomic E-state index is 5.84. The van der Waals surface area contributed by atoms with Crippen molar-refractivity contribution >= 4 is 0 Å². The fourth-order valence-electron chi connectivity index (χ4n) is 1.55. The van der Waals surface area contributed by atoms with Crippen LogP contribution >= 0.6 is 0 Å². The zero-order valence-corrected chi connectivity index (χ0v) is 9.09. The normalized spacial score (nSPS) is 23.8. The standard InChI is InChI=1S/C11H22N2/c1-9-4-6-13(7-5-9)8-10(2)11(3)12/h4,10-11H,5-8,12H2,1-3H3. The third kappa shape index (κ3) is 3.49. The highest BCUT2D eigenvalue weighted by Gasteiger charge is 2.14. The summed E-state index contributed by atoms with van der Waals surface area (Å²) in [7, 11) is 0. The van der Waals surface area contributed by atoms with Gasteiger partial charge in [0.2, 0.25) is 0 Å². The van der Waals surface area contributed by atoms with Gasteiger partial charge in [-0.05, 0) is 26.2 Å². The van der Waals surface area contributed by atoms with E-state index in [1.165, 1.54) is 18.5 Å². The molecule has 76 valence electrons. The minimum absolute atomic E-state index is 0.312. The Balaban J connectivity index is 2.31. The molecule has 0 aromatic carbocycles. The molecule has 13 heavy (non-hydrogen) atoms. The molecule has 0 aliphatic carbocycles. The average Bonchev–Trinajstić information content (AvgIpc) is 2.08. The highest BCUT2D eigenvalue weighted by molar-refractivity contribution is 5.03. The summed E-state index contributed by atoms with van der Waals surface area (Å²) in [5, 5.41) is 0. The van der Waals surface area contributed by atoms with Crippen LogP contribution in [0.5, 0.6) is 0 Å². The van der Waals surface area contributed by atoms with Crippen molar-refractivity contribution in [3.05, 3.63) is 11.6 Å². The van der Waals surface area contributed by atoms with Gasteiger partial charge in [0.05, 0.1) is 0 Å². The van der Waals surface area contributed by atoms with E-state index in [1.807, 2.05) is 0 Å². The van der Waals surface area contributed by atoms with E-state index in [2.05, 4.69) is 31.7 Å². The molecule has 2 heteroatoms. The second-order valence-electron chi connectivity index (χ2n) is 4.40. The molecule has 0 radical (unpaired) electrons. The van der Waals surface area contributed by atoms with Crippen LogP contribution in [0.1, 0.15) is 27.2 Å². The van der Waals surface area contributed by atoms with Crippen molar-refractivity contribution < 1.29 is 0 Å². The molecule has 0 spiro atoms. The van der Waals surface area contributed by atoms with Crippen LogP contribution in [0.25, 0.3) is 0 Å². The molecular formula is C11H22N2. The van der Waals surface area contributed by atoms with Gasteiger partial charge >= 0.3 is 0 Å². The Kier molecular flexibility index (Phi) is 3.94. The molecule has 1 rings (SSSR count). The summed E-state index contributed by atoms with van der Waals surface area (Å²) >= 11 is 0. The van der Waals surface area contributed by atoms with Crippen molar-refractivity contribution in [1.82, 2.24) is 4.90 Å². The quantitative estimate of drug-likeness (QED) is 0.672. The predicted octanol–water partition coefficient (Wildman–Crippen LogP) is 1.62. The second kappa shape index (κ2) is 4.77. The van der Waals surface area contributed by atoms with Crippen molar-refractivity contribution in [2.75, 3.05) is 19.6 Å². The molecule has 1 heterocycles. The minimum Gasteiger partial charge on any atom is -0.328 e. The van der Waals surface area contributed by atoms with Gasteiger partial charge in [-0.1, -0.05) is 18.6 Å². The van der Waals surface area contributed by atoms with Crippen molar-refractivity contribution in [3.8, 4) is 0 Å². The van der Waals surface area contributed by atoms with E-state index in [0.29, 0.717) is 12.0 Å². The van der Waals surface area contributed by atoms with E-state index in [0.717, 1.165) is 13.1 Å². The molecular weight excluding hydrogens is 160 g/mol. The molecule has 0 fully saturated rings. The lowest BCUT2D eigenvalue weighted by Crippen LogP contribution is -2.38. The van der Waals surface area contributed by atoms with Crippen molar-refractivity contribution in [2.45, 2.75) is 33.2 Å². The molecule has 0 aromatic rings. The van der Waals surface area contributed by atoms with Gasteiger partial charge in [0.25, 0.3) is 0 Å². The molecule has 0 amide bonds. The Morgan fingerprint density at radius 2 is 2.23 bits per heavy atom. The minimum atomic E-state index is 0.312. The van der Waals surface area contributed by atoms with Gasteiger partial charge in [-0.15, -0.1) is 0 Å². The fourth-order valence-corrected chi connectivity index (χ4v) is 1.55. The largest absolute Gasteiger partial charge is 0.328 e. The van der Waals surface area contributed by atoms with E-state index in [9.17, 15) is 0 Å². The first kappa shape index (κ1) is 10.7. The first-order valence-corrected chi connectivity index (χ1v) is 5.23. The predicted molar refractivity (Wildman–Crippen MR) is 57.6 cm³/mol. The lowest BCUT2D eigenvalue weighted by atomic mass is 10.0. The maximum atomic E-state index is 5.84.